The Labute approximate surface area is 170 Å². The molecule has 1 atom stereocenters. The number of halogens is 1. The summed E-state index contributed by atoms with van der Waals surface area (Å²) in [6.07, 6.45) is 3.42. The van der Waals surface area contributed by atoms with Gasteiger partial charge in [-0.3, -0.25) is 9.59 Å². The number of aliphatic hydroxyl groups is 1. The first kappa shape index (κ1) is 20.4. The van der Waals surface area contributed by atoms with Crippen molar-refractivity contribution in [3.8, 4) is 0 Å². The largest absolute Gasteiger partial charge is 0.394 e. The van der Waals surface area contributed by atoms with Crippen molar-refractivity contribution in [1.29, 1.82) is 0 Å². The van der Waals surface area contributed by atoms with Crippen LogP contribution in [-0.4, -0.2) is 29.6 Å². The van der Waals surface area contributed by atoms with E-state index in [1.165, 1.54) is 0 Å². The van der Waals surface area contributed by atoms with Gasteiger partial charge in [0, 0.05) is 11.6 Å². The zero-order chi connectivity index (χ0) is 20.0. The fourth-order valence-corrected chi connectivity index (χ4v) is 3.91. The lowest BCUT2D eigenvalue weighted by Gasteiger charge is -2.30. The van der Waals surface area contributed by atoms with Crippen LogP contribution in [0.1, 0.15) is 36.8 Å². The Balaban J connectivity index is 1.66. The van der Waals surface area contributed by atoms with Crippen molar-refractivity contribution in [1.82, 2.24) is 10.6 Å². The summed E-state index contributed by atoms with van der Waals surface area (Å²) >= 11 is 5.86. The van der Waals surface area contributed by atoms with Gasteiger partial charge in [-0.1, -0.05) is 66.9 Å². The van der Waals surface area contributed by atoms with Gasteiger partial charge in [0.05, 0.1) is 12.0 Å². The summed E-state index contributed by atoms with van der Waals surface area (Å²) in [5.41, 5.74) is 1.21. The van der Waals surface area contributed by atoms with Gasteiger partial charge in [-0.05, 0) is 36.1 Å². The first-order chi connectivity index (χ1) is 13.5. The first-order valence-corrected chi connectivity index (χ1v) is 9.92. The lowest BCUT2D eigenvalue weighted by atomic mass is 9.78. The van der Waals surface area contributed by atoms with Gasteiger partial charge in [-0.15, -0.1) is 0 Å². The topological polar surface area (TPSA) is 78.4 Å². The normalized spacial score (nSPS) is 16.4. The predicted molar refractivity (Wildman–Crippen MR) is 109 cm³/mol. The first-order valence-electron chi connectivity index (χ1n) is 9.55. The third-order valence-electron chi connectivity index (χ3n) is 5.40. The molecule has 6 heteroatoms. The summed E-state index contributed by atoms with van der Waals surface area (Å²) in [6, 6.07) is 15.8. The summed E-state index contributed by atoms with van der Waals surface area (Å²) < 4.78 is 0. The summed E-state index contributed by atoms with van der Waals surface area (Å²) in [6.45, 7) is -0.157. The van der Waals surface area contributed by atoms with E-state index >= 15 is 0 Å². The van der Waals surface area contributed by atoms with E-state index in [1.54, 1.807) is 12.1 Å². The molecule has 0 saturated heterocycles. The van der Waals surface area contributed by atoms with Gasteiger partial charge in [-0.25, -0.2) is 0 Å². The molecule has 2 aromatic rings. The smallest absolute Gasteiger partial charge is 0.245 e. The molecule has 1 aliphatic rings. The third-order valence-corrected chi connectivity index (χ3v) is 5.65. The van der Waals surface area contributed by atoms with Crippen LogP contribution in [0.25, 0.3) is 0 Å². The van der Waals surface area contributed by atoms with Crippen LogP contribution in [-0.2, 0) is 21.5 Å². The van der Waals surface area contributed by atoms with Crippen molar-refractivity contribution < 1.29 is 14.7 Å². The highest BCUT2D eigenvalue weighted by molar-refractivity contribution is 6.30. The highest BCUT2D eigenvalue weighted by Gasteiger charge is 2.43. The molecule has 1 saturated carbocycles. The summed E-state index contributed by atoms with van der Waals surface area (Å²) in [5, 5.41) is 15.8. The fourth-order valence-electron chi connectivity index (χ4n) is 3.79. The standard InChI is InChI=1S/C22H25ClN2O3/c23-18-10-8-16(9-11-18)14-24-20(27)19(15-26)25-21(28)22(12-4-5-13-22)17-6-2-1-3-7-17/h1-3,6-11,19,26H,4-5,12-15H2,(H,24,27)(H,25,28)/t19-/m0/s1. The molecule has 2 amide bonds. The Morgan fingerprint density at radius 3 is 2.29 bits per heavy atom. The van der Waals surface area contributed by atoms with Crippen LogP contribution in [0.5, 0.6) is 0 Å². The van der Waals surface area contributed by atoms with Crippen molar-refractivity contribution in [3.05, 3.63) is 70.7 Å². The van der Waals surface area contributed by atoms with E-state index in [2.05, 4.69) is 10.6 Å². The SMILES string of the molecule is O=C(NCc1ccc(Cl)cc1)[C@H](CO)NC(=O)C1(c2ccccc2)CCCC1. The number of rotatable bonds is 7. The minimum Gasteiger partial charge on any atom is -0.394 e. The van der Waals surface area contributed by atoms with Gasteiger partial charge < -0.3 is 15.7 Å². The van der Waals surface area contributed by atoms with Crippen LogP contribution in [0.2, 0.25) is 5.02 Å². The lowest BCUT2D eigenvalue weighted by Crippen LogP contribution is -2.54. The maximum atomic E-state index is 13.1. The molecule has 0 aromatic heterocycles. The van der Waals surface area contributed by atoms with Crippen LogP contribution in [0, 0.1) is 0 Å². The molecule has 148 valence electrons. The monoisotopic (exact) mass is 400 g/mol. The van der Waals surface area contributed by atoms with Gasteiger partial charge in [-0.2, -0.15) is 0 Å². The molecule has 0 radical (unpaired) electrons. The highest BCUT2D eigenvalue weighted by Crippen LogP contribution is 2.41. The fraction of sp³-hybridized carbons (Fsp3) is 0.364. The van der Waals surface area contributed by atoms with Crippen LogP contribution >= 0.6 is 11.6 Å². The molecule has 0 bridgehead atoms. The number of nitrogens with one attached hydrogen (secondary N) is 2. The number of hydrogen-bond donors (Lipinski definition) is 3. The molecule has 28 heavy (non-hydrogen) atoms. The Morgan fingerprint density at radius 2 is 1.68 bits per heavy atom. The van der Waals surface area contributed by atoms with Gasteiger partial charge >= 0.3 is 0 Å². The number of hydrogen-bond acceptors (Lipinski definition) is 3. The number of carbonyl (C=O) groups excluding carboxylic acids is 2. The Bertz CT molecular complexity index is 802. The zero-order valence-corrected chi connectivity index (χ0v) is 16.4. The van der Waals surface area contributed by atoms with Crippen molar-refractivity contribution in [2.75, 3.05) is 6.61 Å². The molecule has 1 fully saturated rings. The molecule has 5 nitrogen and oxygen atoms in total. The molecule has 0 unspecified atom stereocenters. The maximum absolute atomic E-state index is 13.1. The molecule has 1 aliphatic carbocycles. The number of amides is 2. The maximum Gasteiger partial charge on any atom is 0.245 e. The molecule has 0 heterocycles. The van der Waals surface area contributed by atoms with Crippen LogP contribution in [0.15, 0.2) is 54.6 Å². The number of aliphatic hydroxyl groups excluding tert-OH is 1. The van der Waals surface area contributed by atoms with E-state index in [0.29, 0.717) is 11.6 Å². The van der Waals surface area contributed by atoms with Crippen LogP contribution in [0.3, 0.4) is 0 Å². The molecular formula is C22H25ClN2O3. The van der Waals surface area contributed by atoms with E-state index in [-0.39, 0.29) is 5.91 Å². The lowest BCUT2D eigenvalue weighted by molar-refractivity contribution is -0.133. The van der Waals surface area contributed by atoms with E-state index in [0.717, 1.165) is 36.8 Å². The van der Waals surface area contributed by atoms with Gasteiger partial charge in [0.2, 0.25) is 11.8 Å². The van der Waals surface area contributed by atoms with Crippen LogP contribution in [0.4, 0.5) is 0 Å². The second kappa shape index (κ2) is 9.22. The minimum absolute atomic E-state index is 0.197. The van der Waals surface area contributed by atoms with Crippen LogP contribution < -0.4 is 10.6 Å². The average molecular weight is 401 g/mol. The van der Waals surface area contributed by atoms with Crippen molar-refractivity contribution in [2.24, 2.45) is 0 Å². The molecule has 3 rings (SSSR count). The van der Waals surface area contributed by atoms with Crippen molar-refractivity contribution in [2.45, 2.75) is 43.7 Å². The second-order valence-corrected chi connectivity index (χ2v) is 7.64. The van der Waals surface area contributed by atoms with E-state index in [9.17, 15) is 14.7 Å². The summed E-state index contributed by atoms with van der Waals surface area (Å²) in [5.74, 6) is -0.607. The molecular weight excluding hydrogens is 376 g/mol. The Kier molecular flexibility index (Phi) is 6.70. The predicted octanol–water partition coefficient (Wildman–Crippen LogP) is 2.95. The third kappa shape index (κ3) is 4.54. The van der Waals surface area contributed by atoms with Crippen molar-refractivity contribution >= 4 is 23.4 Å². The minimum atomic E-state index is -0.985. The van der Waals surface area contributed by atoms with Gasteiger partial charge in [0.1, 0.15) is 6.04 Å². The molecule has 0 spiro atoms. The Hall–Kier alpha value is -2.37. The highest BCUT2D eigenvalue weighted by atomic mass is 35.5. The number of carbonyl (C=O) groups is 2. The number of benzene rings is 2. The van der Waals surface area contributed by atoms with E-state index < -0.39 is 24.0 Å². The molecule has 0 aliphatic heterocycles. The van der Waals surface area contributed by atoms with E-state index in [1.807, 2.05) is 42.5 Å². The second-order valence-electron chi connectivity index (χ2n) is 7.21. The summed E-state index contributed by atoms with van der Waals surface area (Å²) in [4.78, 5) is 25.6. The quantitative estimate of drug-likeness (QED) is 0.668. The molecule has 3 N–H and O–H groups in total. The average Bonchev–Trinajstić information content (AvgIpc) is 3.23. The van der Waals surface area contributed by atoms with Gasteiger partial charge in [0.15, 0.2) is 0 Å². The zero-order valence-electron chi connectivity index (χ0n) is 15.7. The molecule has 2 aromatic carbocycles. The van der Waals surface area contributed by atoms with Gasteiger partial charge in [0.25, 0.3) is 0 Å². The van der Waals surface area contributed by atoms with Crippen molar-refractivity contribution in [3.63, 3.8) is 0 Å². The summed E-state index contributed by atoms with van der Waals surface area (Å²) in [7, 11) is 0. The Morgan fingerprint density at radius 1 is 1.04 bits per heavy atom. The van der Waals surface area contributed by atoms with E-state index in [4.69, 9.17) is 11.6 Å².